The number of thioether (sulfide) groups is 1. The van der Waals surface area contributed by atoms with Crippen LogP contribution in [0.5, 0.6) is 5.75 Å². The molecule has 0 amide bonds. The molecule has 0 aliphatic carbocycles. The van der Waals surface area contributed by atoms with Gasteiger partial charge in [0, 0.05) is 18.8 Å². The van der Waals surface area contributed by atoms with E-state index in [2.05, 4.69) is 15.6 Å². The van der Waals surface area contributed by atoms with E-state index in [9.17, 15) is 13.2 Å². The maximum absolute atomic E-state index is 13.1. The Labute approximate surface area is 138 Å². The van der Waals surface area contributed by atoms with Gasteiger partial charge in [0.15, 0.2) is 5.96 Å². The fourth-order valence-corrected chi connectivity index (χ4v) is 2.17. The van der Waals surface area contributed by atoms with E-state index >= 15 is 0 Å². The minimum atomic E-state index is -4.44. The molecule has 8 heteroatoms. The van der Waals surface area contributed by atoms with Crippen molar-refractivity contribution < 1.29 is 17.9 Å². The SMILES string of the molecule is CCNC(=NCc1ccc(OC)cc1C(F)(F)F)NCCSC. The highest BCUT2D eigenvalue weighted by Crippen LogP contribution is 2.34. The van der Waals surface area contributed by atoms with Crippen molar-refractivity contribution in [1.82, 2.24) is 10.6 Å². The van der Waals surface area contributed by atoms with Crippen molar-refractivity contribution in [2.75, 3.05) is 32.2 Å². The van der Waals surface area contributed by atoms with E-state index in [1.807, 2.05) is 13.2 Å². The third-order valence-electron chi connectivity index (χ3n) is 2.97. The quantitative estimate of drug-likeness (QED) is 0.451. The molecule has 1 aromatic rings. The number of rotatable bonds is 7. The second kappa shape index (κ2) is 9.54. The minimum Gasteiger partial charge on any atom is -0.497 e. The molecule has 0 bridgehead atoms. The van der Waals surface area contributed by atoms with Crippen molar-refractivity contribution in [3.8, 4) is 5.75 Å². The summed E-state index contributed by atoms with van der Waals surface area (Å²) in [5.74, 6) is 1.57. The van der Waals surface area contributed by atoms with Crippen LogP contribution in [0, 0.1) is 0 Å². The van der Waals surface area contributed by atoms with Crippen LogP contribution in [0.15, 0.2) is 23.2 Å². The molecule has 0 heterocycles. The average molecular weight is 349 g/mol. The number of benzene rings is 1. The third kappa shape index (κ3) is 6.60. The Kier molecular flexibility index (Phi) is 8.08. The summed E-state index contributed by atoms with van der Waals surface area (Å²) in [6, 6.07) is 3.91. The van der Waals surface area contributed by atoms with E-state index in [0.29, 0.717) is 19.0 Å². The molecule has 0 saturated carbocycles. The van der Waals surface area contributed by atoms with Gasteiger partial charge in [0.05, 0.1) is 19.2 Å². The standard InChI is InChI=1S/C15H22F3N3OS/c1-4-19-14(20-7-8-23-3)21-10-11-5-6-12(22-2)9-13(11)15(16,17)18/h5-6,9H,4,7-8,10H2,1-3H3,(H2,19,20,21). The van der Waals surface area contributed by atoms with Gasteiger partial charge in [-0.1, -0.05) is 6.07 Å². The van der Waals surface area contributed by atoms with Gasteiger partial charge in [0.2, 0.25) is 0 Å². The Morgan fingerprint density at radius 1 is 1.30 bits per heavy atom. The number of hydrogen-bond donors (Lipinski definition) is 2. The van der Waals surface area contributed by atoms with Crippen LogP contribution < -0.4 is 15.4 Å². The van der Waals surface area contributed by atoms with Crippen LogP contribution in [-0.4, -0.2) is 38.2 Å². The van der Waals surface area contributed by atoms with Gasteiger partial charge in [-0.25, -0.2) is 4.99 Å². The Balaban J connectivity index is 2.94. The number of hydrogen-bond acceptors (Lipinski definition) is 3. The van der Waals surface area contributed by atoms with Gasteiger partial charge >= 0.3 is 6.18 Å². The van der Waals surface area contributed by atoms with E-state index in [-0.39, 0.29) is 17.9 Å². The molecular weight excluding hydrogens is 327 g/mol. The second-order valence-electron chi connectivity index (χ2n) is 4.64. The molecule has 23 heavy (non-hydrogen) atoms. The summed E-state index contributed by atoms with van der Waals surface area (Å²) in [6.45, 7) is 3.18. The molecule has 4 nitrogen and oxygen atoms in total. The van der Waals surface area contributed by atoms with Crippen LogP contribution in [0.25, 0.3) is 0 Å². The summed E-state index contributed by atoms with van der Waals surface area (Å²) in [4.78, 5) is 4.23. The number of methoxy groups -OCH3 is 1. The highest BCUT2D eigenvalue weighted by atomic mass is 32.2. The molecule has 0 spiro atoms. The largest absolute Gasteiger partial charge is 0.497 e. The summed E-state index contributed by atoms with van der Waals surface area (Å²) in [7, 11) is 1.34. The lowest BCUT2D eigenvalue weighted by Crippen LogP contribution is -2.38. The summed E-state index contributed by atoms with van der Waals surface area (Å²) in [5.41, 5.74) is -0.610. The van der Waals surface area contributed by atoms with Gasteiger partial charge in [-0.3, -0.25) is 0 Å². The van der Waals surface area contributed by atoms with Crippen LogP contribution in [0.4, 0.5) is 13.2 Å². The van der Waals surface area contributed by atoms with Gasteiger partial charge in [-0.05, 0) is 30.9 Å². The lowest BCUT2D eigenvalue weighted by atomic mass is 10.1. The monoisotopic (exact) mass is 349 g/mol. The zero-order valence-corrected chi connectivity index (χ0v) is 14.3. The highest BCUT2D eigenvalue weighted by Gasteiger charge is 2.33. The van der Waals surface area contributed by atoms with Crippen LogP contribution >= 0.6 is 11.8 Å². The van der Waals surface area contributed by atoms with E-state index in [1.54, 1.807) is 11.8 Å². The molecule has 0 unspecified atom stereocenters. The zero-order chi connectivity index (χ0) is 17.3. The normalized spacial score (nSPS) is 12.2. The van der Waals surface area contributed by atoms with Crippen molar-refractivity contribution in [2.45, 2.75) is 19.6 Å². The Bertz CT molecular complexity index is 521. The number of aliphatic imine (C=N–C) groups is 1. The maximum Gasteiger partial charge on any atom is 0.416 e. The molecule has 1 aromatic carbocycles. The summed E-state index contributed by atoms with van der Waals surface area (Å²) in [5, 5.41) is 6.10. The molecule has 130 valence electrons. The number of nitrogens with zero attached hydrogens (tertiary/aromatic N) is 1. The van der Waals surface area contributed by atoms with Crippen LogP contribution in [0.2, 0.25) is 0 Å². The van der Waals surface area contributed by atoms with Crippen molar-refractivity contribution in [1.29, 1.82) is 0 Å². The predicted octanol–water partition coefficient (Wildman–Crippen LogP) is 3.13. The molecule has 2 N–H and O–H groups in total. The van der Waals surface area contributed by atoms with Crippen molar-refractivity contribution in [3.63, 3.8) is 0 Å². The number of ether oxygens (including phenoxy) is 1. The van der Waals surface area contributed by atoms with Gasteiger partial charge in [-0.15, -0.1) is 0 Å². The first kappa shape index (κ1) is 19.5. The Hall–Kier alpha value is -1.57. The minimum absolute atomic E-state index is 0.0621. The van der Waals surface area contributed by atoms with Crippen molar-refractivity contribution >= 4 is 17.7 Å². The number of alkyl halides is 3. The number of halogens is 3. The Morgan fingerprint density at radius 2 is 2.04 bits per heavy atom. The molecule has 0 aliphatic heterocycles. The first-order chi connectivity index (χ1) is 10.9. The molecule has 0 atom stereocenters. The van der Waals surface area contributed by atoms with Crippen LogP contribution in [0.3, 0.4) is 0 Å². The highest BCUT2D eigenvalue weighted by molar-refractivity contribution is 7.98. The fourth-order valence-electron chi connectivity index (χ4n) is 1.86. The molecule has 0 aromatic heterocycles. The van der Waals surface area contributed by atoms with Gasteiger partial charge in [-0.2, -0.15) is 24.9 Å². The number of guanidine groups is 1. The second-order valence-corrected chi connectivity index (χ2v) is 5.62. The molecule has 0 aliphatic rings. The lowest BCUT2D eigenvalue weighted by Gasteiger charge is -2.14. The third-order valence-corrected chi connectivity index (χ3v) is 3.59. The predicted molar refractivity (Wildman–Crippen MR) is 89.2 cm³/mol. The molecule has 0 fully saturated rings. The topological polar surface area (TPSA) is 45.7 Å². The van der Waals surface area contributed by atoms with E-state index < -0.39 is 11.7 Å². The van der Waals surface area contributed by atoms with Crippen LogP contribution in [-0.2, 0) is 12.7 Å². The summed E-state index contributed by atoms with van der Waals surface area (Å²) >= 11 is 1.68. The lowest BCUT2D eigenvalue weighted by molar-refractivity contribution is -0.138. The van der Waals surface area contributed by atoms with Gasteiger partial charge in [0.25, 0.3) is 0 Å². The van der Waals surface area contributed by atoms with Crippen molar-refractivity contribution in [2.24, 2.45) is 4.99 Å². The zero-order valence-electron chi connectivity index (χ0n) is 13.5. The smallest absolute Gasteiger partial charge is 0.416 e. The van der Waals surface area contributed by atoms with Crippen LogP contribution in [0.1, 0.15) is 18.1 Å². The molecule has 1 rings (SSSR count). The van der Waals surface area contributed by atoms with E-state index in [4.69, 9.17) is 4.74 Å². The molecular formula is C15H22F3N3OS. The van der Waals surface area contributed by atoms with Gasteiger partial charge < -0.3 is 15.4 Å². The molecule has 0 radical (unpaired) electrons. The Morgan fingerprint density at radius 3 is 2.61 bits per heavy atom. The molecule has 0 saturated heterocycles. The van der Waals surface area contributed by atoms with Crippen molar-refractivity contribution in [3.05, 3.63) is 29.3 Å². The fraction of sp³-hybridized carbons (Fsp3) is 0.533. The van der Waals surface area contributed by atoms with E-state index in [1.165, 1.54) is 19.2 Å². The number of nitrogens with one attached hydrogen (secondary N) is 2. The summed E-state index contributed by atoms with van der Waals surface area (Å²) < 4.78 is 44.3. The summed E-state index contributed by atoms with van der Waals surface area (Å²) in [6.07, 6.45) is -2.46. The van der Waals surface area contributed by atoms with E-state index in [0.717, 1.165) is 11.8 Å². The average Bonchev–Trinajstić information content (AvgIpc) is 2.51. The maximum atomic E-state index is 13.1. The van der Waals surface area contributed by atoms with Gasteiger partial charge in [0.1, 0.15) is 5.75 Å². The first-order valence-corrected chi connectivity index (χ1v) is 8.57. The first-order valence-electron chi connectivity index (χ1n) is 7.17.